The normalized spacial score (nSPS) is 23.6. The topological polar surface area (TPSA) is 61.8 Å². The molecule has 5 nitrogen and oxygen atoms in total. The average Bonchev–Trinajstić information content (AvgIpc) is 3.37. The lowest BCUT2D eigenvalue weighted by atomic mass is 10.3. The van der Waals surface area contributed by atoms with Crippen molar-refractivity contribution in [1.29, 1.82) is 0 Å². The summed E-state index contributed by atoms with van der Waals surface area (Å²) >= 11 is 0. The van der Waals surface area contributed by atoms with E-state index in [1.165, 1.54) is 11.1 Å². The molecule has 0 saturated carbocycles. The number of fused-ring (bicyclic) bond motifs is 4. The van der Waals surface area contributed by atoms with Gasteiger partial charge in [0.15, 0.2) is 0 Å². The molecule has 0 amide bonds. The Labute approximate surface area is 136 Å². The van der Waals surface area contributed by atoms with Gasteiger partial charge in [0, 0.05) is 25.7 Å². The van der Waals surface area contributed by atoms with E-state index in [-0.39, 0.29) is 12.8 Å². The highest BCUT2D eigenvalue weighted by Gasteiger charge is 2.19. The van der Waals surface area contributed by atoms with E-state index < -0.39 is 11.9 Å². The first-order chi connectivity index (χ1) is 11.1. The van der Waals surface area contributed by atoms with Crippen LogP contribution >= 0.6 is 0 Å². The number of hydrogen-bond acceptors (Lipinski definition) is 5. The van der Waals surface area contributed by atoms with Gasteiger partial charge in [0.25, 0.3) is 0 Å². The smallest absolute Gasteiger partial charge is 0.313 e. The van der Waals surface area contributed by atoms with Crippen LogP contribution in [0.25, 0.3) is 0 Å². The van der Waals surface area contributed by atoms with Crippen LogP contribution in [0.5, 0.6) is 0 Å². The summed E-state index contributed by atoms with van der Waals surface area (Å²) in [5.74, 6) is -0.913. The van der Waals surface area contributed by atoms with E-state index in [9.17, 15) is 9.59 Å². The Hall–Kier alpha value is -2.30. The molecule has 2 atom stereocenters. The molecule has 0 aromatic heterocycles. The highest BCUT2D eigenvalue weighted by molar-refractivity contribution is 5.84. The van der Waals surface area contributed by atoms with Gasteiger partial charge in [-0.1, -0.05) is 26.0 Å². The minimum Gasteiger partial charge on any atom is -0.493 e. The molecule has 2 unspecified atom stereocenters. The van der Waals surface area contributed by atoms with Crippen molar-refractivity contribution in [2.75, 3.05) is 0 Å². The van der Waals surface area contributed by atoms with Crippen LogP contribution in [0.15, 0.2) is 48.0 Å². The van der Waals surface area contributed by atoms with E-state index in [2.05, 4.69) is 29.0 Å². The molecule has 23 heavy (non-hydrogen) atoms. The third-order valence-corrected chi connectivity index (χ3v) is 3.52. The predicted molar refractivity (Wildman–Crippen MR) is 85.1 cm³/mol. The minimum atomic E-state index is -0.457. The molecule has 0 saturated heterocycles. The molecule has 2 aliphatic carbocycles. The monoisotopic (exact) mass is 318 g/mol. The fourth-order valence-corrected chi connectivity index (χ4v) is 2.18. The van der Waals surface area contributed by atoms with Crippen molar-refractivity contribution in [3.63, 3.8) is 0 Å². The quantitative estimate of drug-likeness (QED) is 0.577. The molecule has 0 aromatic carbocycles. The first kappa shape index (κ1) is 17.1. The third-order valence-electron chi connectivity index (χ3n) is 3.52. The van der Waals surface area contributed by atoms with Crippen molar-refractivity contribution in [1.82, 2.24) is 0 Å². The second-order valence-corrected chi connectivity index (χ2v) is 5.41. The van der Waals surface area contributed by atoms with Crippen molar-refractivity contribution in [3.05, 3.63) is 48.0 Å². The number of carbonyl (C=O) groups is 2. The number of allylic oxidation sites excluding steroid dienone is 2. The molecule has 0 radical (unpaired) electrons. The van der Waals surface area contributed by atoms with Gasteiger partial charge in [-0.05, 0) is 23.3 Å². The fraction of sp³-hybridized carbons (Fsp3) is 0.444. The summed E-state index contributed by atoms with van der Waals surface area (Å²) in [6.07, 6.45) is 15.6. The van der Waals surface area contributed by atoms with Crippen LogP contribution in [0.1, 0.15) is 39.5 Å². The molecule has 4 bridgehead atoms. The molecular formula is C18H22O5. The zero-order chi connectivity index (χ0) is 16.7. The van der Waals surface area contributed by atoms with Crippen LogP contribution < -0.4 is 0 Å². The first-order valence-electron chi connectivity index (χ1n) is 7.89. The fourth-order valence-electron chi connectivity index (χ4n) is 2.18. The molecule has 5 heteroatoms. The van der Waals surface area contributed by atoms with Gasteiger partial charge in [0.2, 0.25) is 0 Å². The maximum absolute atomic E-state index is 10.3. The Balaban J connectivity index is 0.000000126. The summed E-state index contributed by atoms with van der Waals surface area (Å²) in [5.41, 5.74) is 2.68. The maximum Gasteiger partial charge on any atom is 0.313 e. The number of carbonyl (C=O) groups excluding carboxylic acids is 2. The van der Waals surface area contributed by atoms with Gasteiger partial charge in [-0.25, -0.2) is 0 Å². The Morgan fingerprint density at radius 3 is 1.52 bits per heavy atom. The second kappa shape index (κ2) is 8.36. The van der Waals surface area contributed by atoms with E-state index in [4.69, 9.17) is 9.47 Å². The van der Waals surface area contributed by atoms with Crippen molar-refractivity contribution < 1.29 is 23.8 Å². The number of rotatable bonds is 2. The molecule has 2 aliphatic heterocycles. The summed E-state index contributed by atoms with van der Waals surface area (Å²) in [4.78, 5) is 20.7. The Morgan fingerprint density at radius 1 is 0.957 bits per heavy atom. The molecule has 0 aromatic rings. The second-order valence-electron chi connectivity index (χ2n) is 5.41. The number of hydrogen-bond donors (Lipinski definition) is 0. The molecule has 4 aliphatic rings. The van der Waals surface area contributed by atoms with Crippen LogP contribution in [0, 0.1) is 0 Å². The van der Waals surface area contributed by atoms with Crippen LogP contribution in [0.2, 0.25) is 0 Å². The van der Waals surface area contributed by atoms with Crippen LogP contribution in [-0.2, 0) is 23.8 Å². The Kier molecular flexibility index (Phi) is 6.20. The summed E-state index contributed by atoms with van der Waals surface area (Å²) in [6, 6.07) is 0. The molecule has 0 fully saturated rings. The lowest BCUT2D eigenvalue weighted by Gasteiger charge is -1.98. The van der Waals surface area contributed by atoms with Crippen LogP contribution in [0.4, 0.5) is 0 Å². The third kappa shape index (κ3) is 5.43. The summed E-state index contributed by atoms with van der Waals surface area (Å²) in [5, 5.41) is 0. The van der Waals surface area contributed by atoms with E-state index in [0.29, 0.717) is 12.2 Å². The molecule has 2 heterocycles. The zero-order valence-corrected chi connectivity index (χ0v) is 13.5. The zero-order valence-electron chi connectivity index (χ0n) is 13.5. The standard InChI is InChI=1S/C6H10O3.2C6H6O/c1-3-5(7)9-6(8)4-2;2*1-2-6-3-5(1)4-7-6/h3-4H2,1-2H3;2*1-2,4,6H,3H2. The lowest BCUT2D eigenvalue weighted by Crippen LogP contribution is -2.09. The highest BCUT2D eigenvalue weighted by atomic mass is 16.6. The lowest BCUT2D eigenvalue weighted by molar-refractivity contribution is -0.159. The van der Waals surface area contributed by atoms with Gasteiger partial charge < -0.3 is 14.2 Å². The minimum absolute atomic E-state index is 0.256. The molecular weight excluding hydrogens is 296 g/mol. The summed E-state index contributed by atoms with van der Waals surface area (Å²) in [6.45, 7) is 3.29. The van der Waals surface area contributed by atoms with Crippen molar-refractivity contribution in [2.45, 2.75) is 51.7 Å². The molecule has 0 spiro atoms. The van der Waals surface area contributed by atoms with Crippen molar-refractivity contribution in [2.24, 2.45) is 0 Å². The number of esters is 2. The van der Waals surface area contributed by atoms with Gasteiger partial charge >= 0.3 is 11.9 Å². The van der Waals surface area contributed by atoms with Gasteiger partial charge in [-0.2, -0.15) is 0 Å². The predicted octanol–water partition coefficient (Wildman–Crippen LogP) is 3.33. The summed E-state index contributed by atoms with van der Waals surface area (Å²) < 4.78 is 14.5. The largest absolute Gasteiger partial charge is 0.493 e. The SMILES string of the molecule is C1=CC2CC1=CO2.C1=CC2CC1=CO2.CCC(=O)OC(=O)CC. The highest BCUT2D eigenvalue weighted by Crippen LogP contribution is 2.26. The number of ether oxygens (including phenoxy) is 3. The van der Waals surface area contributed by atoms with Crippen LogP contribution in [0.3, 0.4) is 0 Å². The van der Waals surface area contributed by atoms with E-state index in [1.54, 1.807) is 13.8 Å². The Morgan fingerprint density at radius 2 is 1.39 bits per heavy atom. The van der Waals surface area contributed by atoms with E-state index in [0.717, 1.165) is 12.8 Å². The van der Waals surface area contributed by atoms with Gasteiger partial charge in [-0.15, -0.1) is 0 Å². The average molecular weight is 318 g/mol. The van der Waals surface area contributed by atoms with Gasteiger partial charge in [0.1, 0.15) is 12.2 Å². The maximum atomic E-state index is 10.3. The first-order valence-corrected chi connectivity index (χ1v) is 7.89. The Bertz CT molecular complexity index is 518. The summed E-state index contributed by atoms with van der Waals surface area (Å²) in [7, 11) is 0. The molecule has 4 rings (SSSR count). The van der Waals surface area contributed by atoms with E-state index in [1.807, 2.05) is 12.5 Å². The van der Waals surface area contributed by atoms with E-state index >= 15 is 0 Å². The molecule has 124 valence electrons. The van der Waals surface area contributed by atoms with Crippen molar-refractivity contribution >= 4 is 11.9 Å². The van der Waals surface area contributed by atoms with Gasteiger partial charge in [-0.3, -0.25) is 9.59 Å². The van der Waals surface area contributed by atoms with Gasteiger partial charge in [0.05, 0.1) is 12.5 Å². The molecule has 0 N–H and O–H groups in total. The van der Waals surface area contributed by atoms with Crippen molar-refractivity contribution in [3.8, 4) is 0 Å². The van der Waals surface area contributed by atoms with Crippen LogP contribution in [-0.4, -0.2) is 24.1 Å².